The summed E-state index contributed by atoms with van der Waals surface area (Å²) >= 11 is 5.96. The SMILES string of the molecule is CNCCc1ccccc1C(=O)N1CCN(c2ccc(Cl)cc2)CC1. The van der Waals surface area contributed by atoms with Gasteiger partial charge in [0.05, 0.1) is 0 Å². The van der Waals surface area contributed by atoms with E-state index in [2.05, 4.69) is 16.3 Å². The van der Waals surface area contributed by atoms with Crippen molar-refractivity contribution in [2.75, 3.05) is 44.7 Å². The van der Waals surface area contributed by atoms with Crippen LogP contribution >= 0.6 is 11.6 Å². The molecule has 1 heterocycles. The van der Waals surface area contributed by atoms with E-state index in [0.29, 0.717) is 0 Å². The molecule has 5 heteroatoms. The Labute approximate surface area is 154 Å². The predicted molar refractivity (Wildman–Crippen MR) is 104 cm³/mol. The number of amides is 1. The molecule has 1 fully saturated rings. The molecule has 132 valence electrons. The smallest absolute Gasteiger partial charge is 0.254 e. The normalized spacial score (nSPS) is 14.6. The third kappa shape index (κ3) is 4.33. The highest BCUT2D eigenvalue weighted by Crippen LogP contribution is 2.20. The molecule has 0 unspecified atom stereocenters. The molecule has 1 amide bonds. The second kappa shape index (κ2) is 8.37. The molecule has 3 rings (SSSR count). The monoisotopic (exact) mass is 357 g/mol. The number of halogens is 1. The Morgan fingerprint density at radius 1 is 1.04 bits per heavy atom. The van der Waals surface area contributed by atoms with Crippen molar-refractivity contribution in [3.63, 3.8) is 0 Å². The van der Waals surface area contributed by atoms with Crippen LogP contribution in [0.15, 0.2) is 48.5 Å². The lowest BCUT2D eigenvalue weighted by atomic mass is 10.0. The van der Waals surface area contributed by atoms with Gasteiger partial charge in [-0.1, -0.05) is 29.8 Å². The van der Waals surface area contributed by atoms with E-state index in [4.69, 9.17) is 11.6 Å². The van der Waals surface area contributed by atoms with E-state index in [1.54, 1.807) is 0 Å². The Morgan fingerprint density at radius 2 is 1.72 bits per heavy atom. The minimum atomic E-state index is 0.141. The molecule has 0 radical (unpaired) electrons. The Kier molecular flexibility index (Phi) is 5.95. The van der Waals surface area contributed by atoms with Gasteiger partial charge in [-0.25, -0.2) is 0 Å². The highest BCUT2D eigenvalue weighted by molar-refractivity contribution is 6.30. The Bertz CT molecular complexity index is 709. The molecule has 2 aromatic carbocycles. The van der Waals surface area contributed by atoms with Crippen LogP contribution in [-0.2, 0) is 6.42 Å². The second-order valence-electron chi connectivity index (χ2n) is 6.27. The highest BCUT2D eigenvalue weighted by Gasteiger charge is 2.23. The fraction of sp³-hybridized carbons (Fsp3) is 0.350. The largest absolute Gasteiger partial charge is 0.368 e. The van der Waals surface area contributed by atoms with Crippen LogP contribution in [0.4, 0.5) is 5.69 Å². The van der Waals surface area contributed by atoms with Crippen molar-refractivity contribution in [2.45, 2.75) is 6.42 Å². The van der Waals surface area contributed by atoms with Crippen LogP contribution in [0.1, 0.15) is 15.9 Å². The Hall–Kier alpha value is -2.04. The van der Waals surface area contributed by atoms with Crippen LogP contribution in [0.2, 0.25) is 5.02 Å². The highest BCUT2D eigenvalue weighted by atomic mass is 35.5. The average Bonchev–Trinajstić information content (AvgIpc) is 2.67. The van der Waals surface area contributed by atoms with E-state index in [0.717, 1.165) is 61.0 Å². The van der Waals surface area contributed by atoms with Crippen molar-refractivity contribution in [3.05, 3.63) is 64.7 Å². The molecule has 0 aliphatic carbocycles. The van der Waals surface area contributed by atoms with E-state index >= 15 is 0 Å². The Balaban J connectivity index is 1.65. The number of anilines is 1. The van der Waals surface area contributed by atoms with Crippen LogP contribution < -0.4 is 10.2 Å². The van der Waals surface area contributed by atoms with Crippen molar-refractivity contribution in [1.82, 2.24) is 10.2 Å². The zero-order valence-electron chi connectivity index (χ0n) is 14.5. The number of nitrogens with one attached hydrogen (secondary N) is 1. The molecule has 0 saturated carbocycles. The number of nitrogens with zero attached hydrogens (tertiary/aromatic N) is 2. The molecule has 0 aromatic heterocycles. The summed E-state index contributed by atoms with van der Waals surface area (Å²) in [7, 11) is 1.93. The van der Waals surface area contributed by atoms with Crippen molar-refractivity contribution < 1.29 is 4.79 Å². The van der Waals surface area contributed by atoms with Gasteiger partial charge in [-0.2, -0.15) is 0 Å². The number of rotatable bonds is 5. The number of likely N-dealkylation sites (N-methyl/N-ethyl adjacent to an activating group) is 1. The maximum atomic E-state index is 12.9. The first kappa shape index (κ1) is 17.8. The van der Waals surface area contributed by atoms with Gasteiger partial charge in [-0.3, -0.25) is 4.79 Å². The van der Waals surface area contributed by atoms with Gasteiger partial charge in [0, 0.05) is 42.5 Å². The van der Waals surface area contributed by atoms with Crippen LogP contribution in [-0.4, -0.2) is 50.6 Å². The van der Waals surface area contributed by atoms with Gasteiger partial charge in [0.25, 0.3) is 5.91 Å². The topological polar surface area (TPSA) is 35.6 Å². The molecule has 1 aliphatic heterocycles. The van der Waals surface area contributed by atoms with E-state index in [1.807, 2.05) is 54.4 Å². The van der Waals surface area contributed by atoms with E-state index in [-0.39, 0.29) is 5.91 Å². The summed E-state index contributed by atoms with van der Waals surface area (Å²) in [5.74, 6) is 0.141. The second-order valence-corrected chi connectivity index (χ2v) is 6.70. The van der Waals surface area contributed by atoms with Crippen molar-refractivity contribution in [1.29, 1.82) is 0 Å². The fourth-order valence-electron chi connectivity index (χ4n) is 3.20. The molecule has 1 N–H and O–H groups in total. The van der Waals surface area contributed by atoms with Gasteiger partial charge >= 0.3 is 0 Å². The van der Waals surface area contributed by atoms with E-state index in [9.17, 15) is 4.79 Å². The van der Waals surface area contributed by atoms with Gasteiger partial charge in [-0.15, -0.1) is 0 Å². The number of carbonyl (C=O) groups is 1. The number of hydrogen-bond donors (Lipinski definition) is 1. The number of hydrogen-bond acceptors (Lipinski definition) is 3. The summed E-state index contributed by atoms with van der Waals surface area (Å²) in [4.78, 5) is 17.2. The van der Waals surface area contributed by atoms with Crippen LogP contribution in [0.25, 0.3) is 0 Å². The lowest BCUT2D eigenvalue weighted by Gasteiger charge is -2.36. The summed E-state index contributed by atoms with van der Waals surface area (Å²) in [5.41, 5.74) is 3.10. The van der Waals surface area contributed by atoms with Crippen LogP contribution in [0.3, 0.4) is 0 Å². The average molecular weight is 358 g/mol. The molecule has 4 nitrogen and oxygen atoms in total. The van der Waals surface area contributed by atoms with E-state index < -0.39 is 0 Å². The maximum Gasteiger partial charge on any atom is 0.254 e. The lowest BCUT2D eigenvalue weighted by molar-refractivity contribution is 0.0745. The Morgan fingerprint density at radius 3 is 2.40 bits per heavy atom. The standard InChI is InChI=1S/C20H24ClN3O/c1-22-11-10-16-4-2-3-5-19(16)20(25)24-14-12-23(13-15-24)18-8-6-17(21)7-9-18/h2-9,22H,10-15H2,1H3. The summed E-state index contributed by atoms with van der Waals surface area (Å²) in [5, 5.41) is 3.89. The third-order valence-corrected chi connectivity index (χ3v) is 4.90. The van der Waals surface area contributed by atoms with Crippen molar-refractivity contribution in [3.8, 4) is 0 Å². The van der Waals surface area contributed by atoms with Crippen LogP contribution in [0, 0.1) is 0 Å². The van der Waals surface area contributed by atoms with Gasteiger partial charge in [-0.05, 0) is 55.9 Å². The quantitative estimate of drug-likeness (QED) is 0.893. The molecule has 0 bridgehead atoms. The molecule has 25 heavy (non-hydrogen) atoms. The first-order valence-electron chi connectivity index (χ1n) is 8.71. The molecule has 2 aromatic rings. The van der Waals surface area contributed by atoms with Crippen LogP contribution in [0.5, 0.6) is 0 Å². The minimum absolute atomic E-state index is 0.141. The zero-order chi connectivity index (χ0) is 17.6. The molecule has 1 saturated heterocycles. The number of piperazine rings is 1. The third-order valence-electron chi connectivity index (χ3n) is 4.65. The zero-order valence-corrected chi connectivity index (χ0v) is 15.3. The van der Waals surface area contributed by atoms with Crippen molar-refractivity contribution in [2.24, 2.45) is 0 Å². The molecule has 1 aliphatic rings. The van der Waals surface area contributed by atoms with Gasteiger partial charge < -0.3 is 15.1 Å². The van der Waals surface area contributed by atoms with Gasteiger partial charge in [0.15, 0.2) is 0 Å². The molecule has 0 spiro atoms. The minimum Gasteiger partial charge on any atom is -0.368 e. The summed E-state index contributed by atoms with van der Waals surface area (Å²) in [6.45, 7) is 4.02. The molecular weight excluding hydrogens is 334 g/mol. The number of benzene rings is 2. The van der Waals surface area contributed by atoms with Gasteiger partial charge in [0.2, 0.25) is 0 Å². The first-order chi connectivity index (χ1) is 12.2. The number of carbonyl (C=O) groups excluding carboxylic acids is 1. The van der Waals surface area contributed by atoms with E-state index in [1.165, 1.54) is 0 Å². The lowest BCUT2D eigenvalue weighted by Crippen LogP contribution is -2.49. The predicted octanol–water partition coefficient (Wildman–Crippen LogP) is 3.06. The summed E-state index contributed by atoms with van der Waals surface area (Å²) in [6.07, 6.45) is 0.864. The molecule has 0 atom stereocenters. The maximum absolute atomic E-state index is 12.9. The fourth-order valence-corrected chi connectivity index (χ4v) is 3.32. The summed E-state index contributed by atoms with van der Waals surface area (Å²) < 4.78 is 0. The molecular formula is C20H24ClN3O. The first-order valence-corrected chi connectivity index (χ1v) is 9.09. The summed E-state index contributed by atoms with van der Waals surface area (Å²) in [6, 6.07) is 15.8. The van der Waals surface area contributed by atoms with Gasteiger partial charge in [0.1, 0.15) is 0 Å². The van der Waals surface area contributed by atoms with Crippen molar-refractivity contribution >= 4 is 23.2 Å².